The lowest BCUT2D eigenvalue weighted by atomic mass is 10.0. The highest BCUT2D eigenvalue weighted by Gasteiger charge is 2.43. The van der Waals surface area contributed by atoms with Crippen LogP contribution in [0.1, 0.15) is 61.5 Å². The molecule has 3 heterocycles. The van der Waals surface area contributed by atoms with Crippen molar-refractivity contribution in [1.82, 2.24) is 14.7 Å². The summed E-state index contributed by atoms with van der Waals surface area (Å²) < 4.78 is 16.2. The van der Waals surface area contributed by atoms with Gasteiger partial charge in [0.25, 0.3) is 11.8 Å². The minimum Gasteiger partial charge on any atom is -0.493 e. The summed E-state index contributed by atoms with van der Waals surface area (Å²) in [6.45, 7) is 7.11. The Bertz CT molecular complexity index is 1440. The Labute approximate surface area is 252 Å². The number of amides is 4. The zero-order valence-corrected chi connectivity index (χ0v) is 25.7. The second-order valence-corrected chi connectivity index (χ2v) is 12.3. The molecule has 2 aromatic carbocycles. The van der Waals surface area contributed by atoms with Crippen molar-refractivity contribution in [3.8, 4) is 11.5 Å². The molecule has 0 saturated carbocycles. The van der Waals surface area contributed by atoms with Crippen molar-refractivity contribution in [2.45, 2.75) is 70.8 Å². The maximum Gasteiger partial charge on any atom is 0.410 e. The number of hydrogen-bond acceptors (Lipinski definition) is 8. The summed E-state index contributed by atoms with van der Waals surface area (Å²) in [6, 6.07) is 10.4. The second-order valence-electron chi connectivity index (χ2n) is 12.3. The van der Waals surface area contributed by atoms with Gasteiger partial charge in [0.1, 0.15) is 11.6 Å². The first-order chi connectivity index (χ1) is 20.4. The highest BCUT2D eigenvalue weighted by atomic mass is 16.6. The van der Waals surface area contributed by atoms with Gasteiger partial charge >= 0.3 is 6.09 Å². The summed E-state index contributed by atoms with van der Waals surface area (Å²) in [6.07, 6.45) is 0.954. The van der Waals surface area contributed by atoms with Crippen molar-refractivity contribution >= 4 is 29.5 Å². The first-order valence-corrected chi connectivity index (χ1v) is 14.6. The van der Waals surface area contributed by atoms with E-state index in [-0.39, 0.29) is 49.2 Å². The fourth-order valence-electron chi connectivity index (χ4n) is 6.00. The summed E-state index contributed by atoms with van der Waals surface area (Å²) in [5.41, 5.74) is 2.51. The normalized spacial score (nSPS) is 20.4. The first-order valence-electron chi connectivity index (χ1n) is 14.6. The molecular weight excluding hydrogens is 552 g/mol. The largest absolute Gasteiger partial charge is 0.493 e. The fraction of sp³-hybridized carbons (Fsp3) is 0.500. The molecule has 0 N–H and O–H groups in total. The van der Waals surface area contributed by atoms with Gasteiger partial charge in [-0.3, -0.25) is 19.3 Å². The molecule has 0 radical (unpaired) electrons. The maximum atomic E-state index is 13.6. The van der Waals surface area contributed by atoms with E-state index in [1.54, 1.807) is 35.1 Å². The molecule has 2 aromatic rings. The number of ether oxygens (including phenoxy) is 3. The minimum absolute atomic E-state index is 0.0835. The number of rotatable bonds is 7. The molecule has 0 aliphatic carbocycles. The average Bonchev–Trinajstić information content (AvgIpc) is 3.59. The van der Waals surface area contributed by atoms with E-state index in [0.29, 0.717) is 36.7 Å². The third kappa shape index (κ3) is 6.11. The molecule has 2 fully saturated rings. The number of likely N-dealkylation sites (tertiary alicyclic amines) is 2. The Kier molecular flexibility index (Phi) is 8.27. The molecule has 4 amide bonds. The smallest absolute Gasteiger partial charge is 0.410 e. The van der Waals surface area contributed by atoms with Crippen molar-refractivity contribution < 1.29 is 33.4 Å². The van der Waals surface area contributed by atoms with Gasteiger partial charge in [0.15, 0.2) is 11.5 Å². The summed E-state index contributed by atoms with van der Waals surface area (Å²) >= 11 is 0. The molecule has 3 aliphatic heterocycles. The van der Waals surface area contributed by atoms with Gasteiger partial charge in [-0.2, -0.15) is 0 Å². The maximum absolute atomic E-state index is 13.6. The van der Waals surface area contributed by atoms with Gasteiger partial charge in [-0.25, -0.2) is 4.79 Å². The van der Waals surface area contributed by atoms with E-state index < -0.39 is 11.6 Å². The van der Waals surface area contributed by atoms with E-state index in [1.807, 2.05) is 46.0 Å². The van der Waals surface area contributed by atoms with Crippen LogP contribution < -0.4 is 14.4 Å². The number of methoxy groups -OCH3 is 2. The Morgan fingerprint density at radius 3 is 2.44 bits per heavy atom. The second kappa shape index (κ2) is 11.8. The molecular formula is C32H40N4O7. The number of carbonyl (C=O) groups is 4. The van der Waals surface area contributed by atoms with Crippen molar-refractivity contribution in [1.29, 1.82) is 0 Å². The van der Waals surface area contributed by atoms with Crippen molar-refractivity contribution in [3.63, 3.8) is 0 Å². The Balaban J connectivity index is 1.27. The van der Waals surface area contributed by atoms with Crippen LogP contribution in [0.2, 0.25) is 0 Å². The van der Waals surface area contributed by atoms with Gasteiger partial charge in [-0.15, -0.1) is 0 Å². The fourth-order valence-corrected chi connectivity index (χ4v) is 6.00. The third-order valence-electron chi connectivity index (χ3n) is 8.34. The van der Waals surface area contributed by atoms with Gasteiger partial charge in [-0.1, -0.05) is 6.07 Å². The molecule has 5 rings (SSSR count). The van der Waals surface area contributed by atoms with E-state index >= 15 is 0 Å². The number of nitrogens with zero attached hydrogens (tertiary/aromatic N) is 4. The number of hydrogen-bond donors (Lipinski definition) is 0. The Morgan fingerprint density at radius 1 is 1.00 bits per heavy atom. The standard InChI is InChI=1S/C32H40N4O7/c1-32(2,3)43-31(40)34-14-13-23(19-34)33(4)22-8-9-24-21(16-22)18-35(29(24)38)25-10-12-28(37)36(30(25)39)17-20-7-11-26(41-5)27(15-20)42-6/h7-9,11,15-16,23,25H,10,12-14,17-19H2,1-6H3/t23-,25?/m0/s1. The highest BCUT2D eigenvalue weighted by Crippen LogP contribution is 2.34. The zero-order valence-electron chi connectivity index (χ0n) is 25.7. The first kappa shape index (κ1) is 30.2. The van der Waals surface area contributed by atoms with E-state index in [2.05, 4.69) is 4.90 Å². The quantitative estimate of drug-likeness (QED) is 0.447. The van der Waals surface area contributed by atoms with E-state index in [0.717, 1.165) is 23.2 Å². The van der Waals surface area contributed by atoms with Gasteiger partial charge in [0.2, 0.25) is 5.91 Å². The predicted molar refractivity (Wildman–Crippen MR) is 159 cm³/mol. The Hall–Kier alpha value is -4.28. The van der Waals surface area contributed by atoms with E-state index in [1.165, 1.54) is 12.0 Å². The van der Waals surface area contributed by atoms with Crippen molar-refractivity contribution in [3.05, 3.63) is 53.1 Å². The zero-order chi connectivity index (χ0) is 31.1. The van der Waals surface area contributed by atoms with Crippen LogP contribution >= 0.6 is 0 Å². The molecule has 3 aliphatic rings. The predicted octanol–water partition coefficient (Wildman–Crippen LogP) is 3.82. The van der Waals surface area contributed by atoms with Crippen molar-refractivity contribution in [2.24, 2.45) is 0 Å². The summed E-state index contributed by atoms with van der Waals surface area (Å²) in [5, 5.41) is 0. The lowest BCUT2D eigenvalue weighted by Gasteiger charge is -2.35. The van der Waals surface area contributed by atoms with Gasteiger partial charge in [-0.05, 0) is 75.1 Å². The van der Waals surface area contributed by atoms with Gasteiger partial charge < -0.3 is 28.9 Å². The number of piperidine rings is 1. The molecule has 2 saturated heterocycles. The van der Waals surface area contributed by atoms with Crippen molar-refractivity contribution in [2.75, 3.05) is 39.3 Å². The van der Waals surface area contributed by atoms with Crippen LogP contribution in [0.25, 0.3) is 0 Å². The number of anilines is 1. The molecule has 2 atom stereocenters. The molecule has 43 heavy (non-hydrogen) atoms. The summed E-state index contributed by atoms with van der Waals surface area (Å²) in [4.78, 5) is 59.2. The van der Waals surface area contributed by atoms with Crippen LogP contribution in [0.5, 0.6) is 11.5 Å². The number of fused-ring (bicyclic) bond motifs is 1. The van der Waals surface area contributed by atoms with Gasteiger partial charge in [0, 0.05) is 50.4 Å². The molecule has 11 nitrogen and oxygen atoms in total. The summed E-state index contributed by atoms with van der Waals surface area (Å²) in [7, 11) is 5.06. The minimum atomic E-state index is -0.726. The van der Waals surface area contributed by atoms with Crippen LogP contribution in [0.4, 0.5) is 10.5 Å². The van der Waals surface area contributed by atoms with E-state index in [9.17, 15) is 19.2 Å². The molecule has 230 valence electrons. The van der Waals surface area contributed by atoms with Crippen LogP contribution in [0.15, 0.2) is 36.4 Å². The highest BCUT2D eigenvalue weighted by molar-refractivity contribution is 6.05. The van der Waals surface area contributed by atoms with E-state index in [4.69, 9.17) is 14.2 Å². The average molecular weight is 593 g/mol. The van der Waals surface area contributed by atoms with Crippen LogP contribution in [0, 0.1) is 0 Å². The van der Waals surface area contributed by atoms with Gasteiger partial charge in [0.05, 0.1) is 20.8 Å². The molecule has 0 bridgehead atoms. The number of likely N-dealkylation sites (N-methyl/N-ethyl adjacent to an activating group) is 1. The van der Waals surface area contributed by atoms with Crippen LogP contribution in [-0.2, 0) is 27.4 Å². The third-order valence-corrected chi connectivity index (χ3v) is 8.34. The number of imide groups is 1. The molecule has 0 spiro atoms. The molecule has 1 unspecified atom stereocenters. The monoisotopic (exact) mass is 592 g/mol. The SMILES string of the molecule is COc1ccc(CN2C(=O)CCC(N3Cc4cc(N(C)[C@H]5CCN(C(=O)OC(C)(C)C)C5)ccc4C3=O)C2=O)cc1OC. The van der Waals surface area contributed by atoms with Crippen LogP contribution in [0.3, 0.4) is 0 Å². The number of carbonyl (C=O) groups excluding carboxylic acids is 4. The lowest BCUT2D eigenvalue weighted by molar-refractivity contribution is -0.153. The lowest BCUT2D eigenvalue weighted by Crippen LogP contribution is -2.54. The summed E-state index contributed by atoms with van der Waals surface area (Å²) in [5.74, 6) is 0.215. The Morgan fingerprint density at radius 2 is 1.74 bits per heavy atom. The molecule has 11 heteroatoms. The topological polar surface area (TPSA) is 109 Å². The van der Waals surface area contributed by atoms with Crippen LogP contribution in [-0.4, -0.2) is 90.6 Å². The molecule has 0 aromatic heterocycles. The number of benzene rings is 2.